The Balaban J connectivity index is 1.56. The molecular weight excluding hydrogens is 401 g/mol. The molecule has 0 aliphatic rings. The molecule has 0 saturated heterocycles. The molecule has 8 nitrogen and oxygen atoms in total. The van der Waals surface area contributed by atoms with Crippen molar-refractivity contribution < 1.29 is 18.7 Å². The van der Waals surface area contributed by atoms with E-state index in [-0.39, 0.29) is 36.6 Å². The van der Waals surface area contributed by atoms with Gasteiger partial charge in [0.15, 0.2) is 5.78 Å². The molecule has 0 atom stereocenters. The van der Waals surface area contributed by atoms with Crippen LogP contribution in [0.5, 0.6) is 0 Å². The summed E-state index contributed by atoms with van der Waals surface area (Å²) >= 11 is 0. The van der Waals surface area contributed by atoms with Gasteiger partial charge in [-0.2, -0.15) is 10.2 Å². The Morgan fingerprint density at radius 1 is 1.19 bits per heavy atom. The average molecular weight is 421 g/mol. The summed E-state index contributed by atoms with van der Waals surface area (Å²) in [6.45, 7) is 1.93. The maximum absolute atomic E-state index is 14.6. The summed E-state index contributed by atoms with van der Waals surface area (Å²) in [6.07, 6.45) is 4.95. The highest BCUT2D eigenvalue weighted by Crippen LogP contribution is 2.21. The third-order valence-electron chi connectivity index (χ3n) is 4.70. The molecule has 158 valence electrons. The van der Waals surface area contributed by atoms with E-state index in [9.17, 15) is 14.0 Å². The Bertz CT molecular complexity index is 1280. The summed E-state index contributed by atoms with van der Waals surface area (Å²) in [5.74, 6) is -1.26. The number of halogens is 1. The van der Waals surface area contributed by atoms with E-state index in [1.807, 2.05) is 0 Å². The number of hydrogen-bond donors (Lipinski definition) is 0. The van der Waals surface area contributed by atoms with E-state index in [2.05, 4.69) is 15.2 Å². The van der Waals surface area contributed by atoms with E-state index in [0.29, 0.717) is 16.6 Å². The quantitative estimate of drug-likeness (QED) is 0.337. The molecule has 9 heteroatoms. The number of aryl methyl sites for hydroxylation is 1. The van der Waals surface area contributed by atoms with Crippen molar-refractivity contribution in [2.75, 3.05) is 6.61 Å². The number of benzene rings is 1. The number of nitrogens with zero attached hydrogens (tertiary/aromatic N) is 5. The van der Waals surface area contributed by atoms with Gasteiger partial charge in [-0.25, -0.2) is 9.37 Å². The normalized spacial score (nSPS) is 11.1. The van der Waals surface area contributed by atoms with Crippen LogP contribution < -0.4 is 0 Å². The lowest BCUT2D eigenvalue weighted by Crippen LogP contribution is -2.13. The van der Waals surface area contributed by atoms with Gasteiger partial charge < -0.3 is 4.74 Å². The highest BCUT2D eigenvalue weighted by molar-refractivity contribution is 5.96. The molecule has 0 aliphatic carbocycles. The van der Waals surface area contributed by atoms with Crippen LogP contribution in [0.1, 0.15) is 23.0 Å². The molecule has 0 radical (unpaired) electrons. The second-order valence-corrected chi connectivity index (χ2v) is 7.04. The van der Waals surface area contributed by atoms with Crippen molar-refractivity contribution in [1.82, 2.24) is 24.5 Å². The Hall–Kier alpha value is -3.88. The van der Waals surface area contributed by atoms with Crippen LogP contribution in [0.25, 0.3) is 22.2 Å². The zero-order valence-electron chi connectivity index (χ0n) is 17.1. The molecule has 3 heterocycles. The van der Waals surface area contributed by atoms with Crippen molar-refractivity contribution in [3.63, 3.8) is 0 Å². The zero-order valence-corrected chi connectivity index (χ0v) is 17.1. The summed E-state index contributed by atoms with van der Waals surface area (Å²) in [6, 6.07) is 7.97. The molecule has 3 aromatic heterocycles. The van der Waals surface area contributed by atoms with Crippen molar-refractivity contribution in [2.24, 2.45) is 7.05 Å². The molecular formula is C22H20FN5O3. The highest BCUT2D eigenvalue weighted by atomic mass is 19.1. The molecule has 1 aromatic carbocycles. The lowest BCUT2D eigenvalue weighted by Gasteiger charge is -2.05. The molecule has 0 spiro atoms. The number of hydrogen-bond acceptors (Lipinski definition) is 6. The number of esters is 1. The minimum absolute atomic E-state index is 0.0660. The van der Waals surface area contributed by atoms with Gasteiger partial charge in [0.2, 0.25) is 0 Å². The zero-order chi connectivity index (χ0) is 22.0. The Morgan fingerprint density at radius 3 is 2.77 bits per heavy atom. The number of carbonyl (C=O) groups excluding carboxylic acids is 2. The summed E-state index contributed by atoms with van der Waals surface area (Å²) in [5, 5.41) is 8.93. The van der Waals surface area contributed by atoms with Crippen molar-refractivity contribution in [3.05, 3.63) is 66.0 Å². The first-order valence-electron chi connectivity index (χ1n) is 9.73. The average Bonchev–Trinajstić information content (AvgIpc) is 3.34. The molecule has 0 fully saturated rings. The first-order valence-corrected chi connectivity index (χ1v) is 9.73. The fourth-order valence-corrected chi connectivity index (χ4v) is 3.27. The molecule has 0 unspecified atom stereocenters. The standard InChI is InChI=1S/C22H20FN5O3/c1-3-31-22(30)13-28-12-15-7-14(17(23)9-20(15)26-28)8-21(29)19-6-4-5-18(25-19)16-10-24-27(2)11-16/h4-7,9-12H,3,8,13H2,1-2H3. The fraction of sp³-hybridized carbons (Fsp3) is 0.227. The number of Topliss-reactive ketones (excluding diaryl/α,β-unsaturated/α-hetero) is 1. The minimum Gasteiger partial charge on any atom is -0.465 e. The van der Waals surface area contributed by atoms with Gasteiger partial charge in [-0.15, -0.1) is 0 Å². The fourth-order valence-electron chi connectivity index (χ4n) is 3.27. The number of aromatic nitrogens is 5. The molecule has 0 saturated carbocycles. The van der Waals surface area contributed by atoms with Gasteiger partial charge in [0.25, 0.3) is 0 Å². The maximum atomic E-state index is 14.6. The first-order chi connectivity index (χ1) is 14.9. The lowest BCUT2D eigenvalue weighted by atomic mass is 10.0. The molecule has 31 heavy (non-hydrogen) atoms. The van der Waals surface area contributed by atoms with Gasteiger partial charge in [0, 0.05) is 42.9 Å². The van der Waals surface area contributed by atoms with Gasteiger partial charge in [-0.3, -0.25) is 19.0 Å². The van der Waals surface area contributed by atoms with Crippen LogP contribution in [0.2, 0.25) is 0 Å². The van der Waals surface area contributed by atoms with Crippen LogP contribution >= 0.6 is 0 Å². The Morgan fingerprint density at radius 2 is 2.03 bits per heavy atom. The minimum atomic E-state index is -0.536. The van der Waals surface area contributed by atoms with E-state index in [4.69, 9.17) is 4.74 Å². The smallest absolute Gasteiger partial charge is 0.327 e. The number of rotatable bonds is 7. The van der Waals surface area contributed by atoms with E-state index < -0.39 is 11.8 Å². The molecule has 0 aliphatic heterocycles. The highest BCUT2D eigenvalue weighted by Gasteiger charge is 2.16. The summed E-state index contributed by atoms with van der Waals surface area (Å²) in [7, 11) is 1.80. The van der Waals surface area contributed by atoms with E-state index in [0.717, 1.165) is 5.56 Å². The number of ether oxygens (including phenoxy) is 1. The van der Waals surface area contributed by atoms with E-state index in [1.165, 1.54) is 10.7 Å². The maximum Gasteiger partial charge on any atom is 0.327 e. The summed E-state index contributed by atoms with van der Waals surface area (Å²) < 4.78 is 22.6. The van der Waals surface area contributed by atoms with Crippen LogP contribution in [-0.4, -0.2) is 42.9 Å². The van der Waals surface area contributed by atoms with Crippen LogP contribution in [0.4, 0.5) is 4.39 Å². The molecule has 0 amide bonds. The number of pyridine rings is 1. The van der Waals surface area contributed by atoms with Crippen molar-refractivity contribution >= 4 is 22.7 Å². The lowest BCUT2D eigenvalue weighted by molar-refractivity contribution is -0.144. The predicted octanol–water partition coefficient (Wildman–Crippen LogP) is 2.96. The number of carbonyl (C=O) groups is 2. The van der Waals surface area contributed by atoms with Crippen molar-refractivity contribution in [1.29, 1.82) is 0 Å². The van der Waals surface area contributed by atoms with Gasteiger partial charge in [0.1, 0.15) is 18.1 Å². The third kappa shape index (κ3) is 4.50. The van der Waals surface area contributed by atoms with Crippen LogP contribution in [0, 0.1) is 5.82 Å². The molecule has 0 N–H and O–H groups in total. The second-order valence-electron chi connectivity index (χ2n) is 7.04. The first kappa shape index (κ1) is 20.4. The Labute approximate surface area is 177 Å². The molecule has 0 bridgehead atoms. The van der Waals surface area contributed by atoms with Gasteiger partial charge in [0.05, 0.1) is 24.0 Å². The predicted molar refractivity (Wildman–Crippen MR) is 111 cm³/mol. The summed E-state index contributed by atoms with van der Waals surface area (Å²) in [4.78, 5) is 28.8. The van der Waals surface area contributed by atoms with Crippen LogP contribution in [0.3, 0.4) is 0 Å². The largest absolute Gasteiger partial charge is 0.465 e. The SMILES string of the molecule is CCOC(=O)Cn1cc2cc(CC(=O)c3cccc(-c4cnn(C)c4)n3)c(F)cc2n1. The van der Waals surface area contributed by atoms with E-state index >= 15 is 0 Å². The van der Waals surface area contributed by atoms with Crippen LogP contribution in [-0.2, 0) is 29.5 Å². The van der Waals surface area contributed by atoms with Gasteiger partial charge in [-0.1, -0.05) is 6.07 Å². The van der Waals surface area contributed by atoms with E-state index in [1.54, 1.807) is 61.5 Å². The molecule has 4 rings (SSSR count). The van der Waals surface area contributed by atoms with Gasteiger partial charge >= 0.3 is 5.97 Å². The van der Waals surface area contributed by atoms with Crippen LogP contribution in [0.15, 0.2) is 48.9 Å². The van der Waals surface area contributed by atoms with Crippen molar-refractivity contribution in [2.45, 2.75) is 19.9 Å². The third-order valence-corrected chi connectivity index (χ3v) is 4.70. The topological polar surface area (TPSA) is 91.9 Å². The second kappa shape index (κ2) is 8.47. The molecule has 4 aromatic rings. The number of ketones is 1. The number of fused-ring (bicyclic) bond motifs is 1. The monoisotopic (exact) mass is 421 g/mol. The van der Waals surface area contributed by atoms with Crippen molar-refractivity contribution in [3.8, 4) is 11.3 Å². The van der Waals surface area contributed by atoms with Gasteiger partial charge in [-0.05, 0) is 30.7 Å². The Kier molecular flexibility index (Phi) is 5.57. The summed E-state index contributed by atoms with van der Waals surface area (Å²) in [5.41, 5.74) is 2.30.